The van der Waals surface area contributed by atoms with Gasteiger partial charge in [0.25, 0.3) is 5.91 Å². The van der Waals surface area contributed by atoms with Gasteiger partial charge in [-0.3, -0.25) is 9.69 Å². The Hall–Kier alpha value is -2.73. The molecular formula is C28H37N3O3. The molecule has 6 nitrogen and oxygen atoms in total. The summed E-state index contributed by atoms with van der Waals surface area (Å²) >= 11 is 0. The summed E-state index contributed by atoms with van der Waals surface area (Å²) in [6.45, 7) is 7.15. The Morgan fingerprint density at radius 3 is 2.41 bits per heavy atom. The van der Waals surface area contributed by atoms with Crippen molar-refractivity contribution in [2.24, 2.45) is 0 Å². The molecule has 0 spiro atoms. The van der Waals surface area contributed by atoms with Gasteiger partial charge in [-0.25, -0.2) is 0 Å². The van der Waals surface area contributed by atoms with Gasteiger partial charge >= 0.3 is 0 Å². The molecule has 2 heterocycles. The molecular weight excluding hydrogens is 426 g/mol. The van der Waals surface area contributed by atoms with Crippen molar-refractivity contribution in [1.82, 2.24) is 9.80 Å². The smallest absolute Gasteiger partial charge is 0.255 e. The minimum Gasteiger partial charge on any atom is -0.493 e. The molecule has 2 aromatic rings. The first-order chi connectivity index (χ1) is 16.6. The first kappa shape index (κ1) is 23.0. The van der Waals surface area contributed by atoms with Gasteiger partial charge in [0.1, 0.15) is 0 Å². The summed E-state index contributed by atoms with van der Waals surface area (Å²) in [6.07, 6.45) is 6.01. The normalized spacial score (nSPS) is 19.7. The summed E-state index contributed by atoms with van der Waals surface area (Å²) in [6, 6.07) is 13.1. The van der Waals surface area contributed by atoms with Crippen molar-refractivity contribution >= 4 is 11.6 Å². The third kappa shape index (κ3) is 4.13. The average Bonchev–Trinajstić information content (AvgIpc) is 3.18. The molecule has 0 unspecified atom stereocenters. The quantitative estimate of drug-likeness (QED) is 0.559. The van der Waals surface area contributed by atoms with Crippen LogP contribution in [0.25, 0.3) is 0 Å². The number of carbonyl (C=O) groups excluding carboxylic acids is 1. The van der Waals surface area contributed by atoms with Crippen LogP contribution >= 0.6 is 0 Å². The zero-order valence-corrected chi connectivity index (χ0v) is 20.8. The maximum absolute atomic E-state index is 13.6. The van der Waals surface area contributed by atoms with E-state index in [9.17, 15) is 4.79 Å². The van der Waals surface area contributed by atoms with Crippen molar-refractivity contribution in [3.63, 3.8) is 0 Å². The topological polar surface area (TPSA) is 45.3 Å². The van der Waals surface area contributed by atoms with E-state index in [-0.39, 0.29) is 11.9 Å². The number of anilines is 1. The molecule has 34 heavy (non-hydrogen) atoms. The molecule has 0 bridgehead atoms. The Balaban J connectivity index is 1.38. The number of nitrogens with zero attached hydrogens (tertiary/aromatic N) is 3. The van der Waals surface area contributed by atoms with Gasteiger partial charge in [0.2, 0.25) is 0 Å². The van der Waals surface area contributed by atoms with E-state index in [1.165, 1.54) is 30.5 Å². The number of methoxy groups -OCH3 is 2. The zero-order valence-electron chi connectivity index (χ0n) is 20.8. The van der Waals surface area contributed by atoms with Crippen molar-refractivity contribution in [2.75, 3.05) is 45.3 Å². The minimum absolute atomic E-state index is 0.00743. The highest BCUT2D eigenvalue weighted by molar-refractivity contribution is 6.00. The first-order valence-electron chi connectivity index (χ1n) is 12.8. The number of piperazine rings is 1. The molecule has 6 heteroatoms. The van der Waals surface area contributed by atoms with Crippen molar-refractivity contribution < 1.29 is 14.3 Å². The predicted molar refractivity (Wildman–Crippen MR) is 135 cm³/mol. The molecule has 1 aliphatic carbocycles. The second-order valence-electron chi connectivity index (χ2n) is 9.76. The van der Waals surface area contributed by atoms with Crippen molar-refractivity contribution in [3.05, 3.63) is 53.1 Å². The van der Waals surface area contributed by atoms with E-state index in [2.05, 4.69) is 39.8 Å². The molecule has 2 aromatic carbocycles. The van der Waals surface area contributed by atoms with Crippen LogP contribution in [0.4, 0.5) is 5.69 Å². The van der Waals surface area contributed by atoms with E-state index in [4.69, 9.17) is 9.47 Å². The molecule has 1 atom stereocenters. The molecule has 0 N–H and O–H groups in total. The standard InChI is InChI=1S/C28H37N3O3/c1-4-7-24(20-12-13-26(33-2)27(18-20)34-3)31-19-23-22(28(31)32)10-6-11-25(23)30-16-14-29(15-17-30)21-8-5-9-21/h6,10-13,18,21,24H,4-5,7-9,14-17,19H2,1-3H3/t24-/m1/s1. The third-order valence-corrected chi connectivity index (χ3v) is 7.95. The van der Waals surface area contributed by atoms with E-state index >= 15 is 0 Å². The lowest BCUT2D eigenvalue weighted by atomic mass is 9.91. The maximum Gasteiger partial charge on any atom is 0.255 e. The molecule has 2 fully saturated rings. The molecule has 2 aliphatic heterocycles. The summed E-state index contributed by atoms with van der Waals surface area (Å²) in [4.78, 5) is 20.8. The zero-order chi connectivity index (χ0) is 23.7. The molecule has 3 aliphatic rings. The Kier molecular flexibility index (Phi) is 6.68. The summed E-state index contributed by atoms with van der Waals surface area (Å²) in [7, 11) is 3.31. The van der Waals surface area contributed by atoms with E-state index in [1.807, 2.05) is 18.2 Å². The second kappa shape index (κ2) is 9.87. The van der Waals surface area contributed by atoms with E-state index < -0.39 is 0 Å². The van der Waals surface area contributed by atoms with Gasteiger partial charge in [-0.1, -0.05) is 31.9 Å². The highest BCUT2D eigenvalue weighted by Gasteiger charge is 2.36. The van der Waals surface area contributed by atoms with E-state index in [1.54, 1.807) is 14.2 Å². The molecule has 0 aromatic heterocycles. The number of hydrogen-bond acceptors (Lipinski definition) is 5. The number of amides is 1. The lowest BCUT2D eigenvalue weighted by Crippen LogP contribution is -2.52. The van der Waals surface area contributed by atoms with Gasteiger partial charge in [-0.2, -0.15) is 0 Å². The average molecular weight is 464 g/mol. The van der Waals surface area contributed by atoms with Gasteiger partial charge in [-0.15, -0.1) is 0 Å². The van der Waals surface area contributed by atoms with Crippen LogP contribution in [-0.2, 0) is 6.54 Å². The lowest BCUT2D eigenvalue weighted by molar-refractivity contribution is 0.0690. The van der Waals surface area contributed by atoms with Crippen LogP contribution in [0.1, 0.15) is 66.6 Å². The summed E-state index contributed by atoms with van der Waals surface area (Å²) in [5, 5.41) is 0. The predicted octanol–water partition coefficient (Wildman–Crippen LogP) is 4.88. The van der Waals surface area contributed by atoms with Gasteiger partial charge in [0.15, 0.2) is 11.5 Å². The van der Waals surface area contributed by atoms with Crippen molar-refractivity contribution in [2.45, 2.75) is 57.7 Å². The van der Waals surface area contributed by atoms with Gasteiger partial charge in [-0.05, 0) is 49.1 Å². The van der Waals surface area contributed by atoms with E-state index in [0.717, 1.165) is 56.2 Å². The van der Waals surface area contributed by atoms with Crippen molar-refractivity contribution in [1.29, 1.82) is 0 Å². The van der Waals surface area contributed by atoms with Crippen LogP contribution in [0, 0.1) is 0 Å². The number of carbonyl (C=O) groups is 1. The molecule has 182 valence electrons. The van der Waals surface area contributed by atoms with Gasteiger partial charge in [0.05, 0.1) is 20.3 Å². The number of rotatable bonds is 8. The summed E-state index contributed by atoms with van der Waals surface area (Å²) in [5.41, 5.74) is 4.38. The maximum atomic E-state index is 13.6. The van der Waals surface area contributed by atoms with E-state index in [0.29, 0.717) is 18.0 Å². The van der Waals surface area contributed by atoms with Gasteiger partial charge < -0.3 is 19.3 Å². The Morgan fingerprint density at radius 2 is 1.76 bits per heavy atom. The van der Waals surface area contributed by atoms with Crippen molar-refractivity contribution in [3.8, 4) is 11.5 Å². The fourth-order valence-electron chi connectivity index (χ4n) is 5.80. The fourth-order valence-corrected chi connectivity index (χ4v) is 5.80. The molecule has 1 saturated carbocycles. The lowest BCUT2D eigenvalue weighted by Gasteiger charge is -2.44. The molecule has 1 saturated heterocycles. The van der Waals surface area contributed by atoms with Crippen LogP contribution in [0.2, 0.25) is 0 Å². The second-order valence-corrected chi connectivity index (χ2v) is 9.76. The van der Waals surface area contributed by atoms with Crippen LogP contribution in [-0.4, -0.2) is 62.1 Å². The monoisotopic (exact) mass is 463 g/mol. The number of hydrogen-bond donors (Lipinski definition) is 0. The highest BCUT2D eigenvalue weighted by Crippen LogP contribution is 2.40. The minimum atomic E-state index is 0.00743. The summed E-state index contributed by atoms with van der Waals surface area (Å²) in [5.74, 6) is 1.55. The Bertz CT molecular complexity index is 1030. The Labute approximate surface area is 203 Å². The molecule has 5 rings (SSSR count). The van der Waals surface area contributed by atoms with Gasteiger partial charge in [0, 0.05) is 55.6 Å². The molecule has 1 amide bonds. The highest BCUT2D eigenvalue weighted by atomic mass is 16.5. The summed E-state index contributed by atoms with van der Waals surface area (Å²) < 4.78 is 11.0. The SMILES string of the molecule is CCC[C@H](c1ccc(OC)c(OC)c1)N1Cc2c(cccc2N2CCN(C3CCC3)CC2)C1=O. The number of benzene rings is 2. The first-order valence-corrected chi connectivity index (χ1v) is 12.8. The van der Waals surface area contributed by atoms with Crippen LogP contribution in [0.3, 0.4) is 0 Å². The van der Waals surface area contributed by atoms with Crippen LogP contribution in [0.15, 0.2) is 36.4 Å². The fraction of sp³-hybridized carbons (Fsp3) is 0.536. The largest absolute Gasteiger partial charge is 0.493 e. The third-order valence-electron chi connectivity index (χ3n) is 7.95. The number of fused-ring (bicyclic) bond motifs is 1. The Morgan fingerprint density at radius 1 is 1.00 bits per heavy atom. The van der Waals surface area contributed by atoms with Crippen LogP contribution < -0.4 is 14.4 Å². The van der Waals surface area contributed by atoms with Crippen LogP contribution in [0.5, 0.6) is 11.5 Å². The molecule has 0 radical (unpaired) electrons. The number of ether oxygens (including phenoxy) is 2.